The summed E-state index contributed by atoms with van der Waals surface area (Å²) in [5.74, 6) is 0. The van der Waals surface area contributed by atoms with Gasteiger partial charge in [0.15, 0.2) is 0 Å². The second-order valence-corrected chi connectivity index (χ2v) is 3.99. The van der Waals surface area contributed by atoms with Crippen molar-refractivity contribution in [1.82, 2.24) is 0 Å². The molecule has 0 aromatic carbocycles. The van der Waals surface area contributed by atoms with Crippen molar-refractivity contribution < 1.29 is 14.2 Å². The predicted molar refractivity (Wildman–Crippen MR) is 44.1 cm³/mol. The van der Waals surface area contributed by atoms with E-state index in [0.717, 1.165) is 26.1 Å². The van der Waals surface area contributed by atoms with E-state index in [2.05, 4.69) is 0 Å². The Morgan fingerprint density at radius 2 is 1.67 bits per heavy atom. The van der Waals surface area contributed by atoms with Gasteiger partial charge in [0.1, 0.15) is 0 Å². The molecule has 1 aliphatic heterocycles. The Hall–Kier alpha value is -0.120. The molecular formula is C9H16O3. The van der Waals surface area contributed by atoms with Crippen LogP contribution < -0.4 is 0 Å². The molecule has 1 heterocycles. The number of epoxide rings is 1. The third-order valence-corrected chi connectivity index (χ3v) is 2.86. The van der Waals surface area contributed by atoms with Gasteiger partial charge < -0.3 is 14.2 Å². The number of hydrogen-bond acceptors (Lipinski definition) is 3. The summed E-state index contributed by atoms with van der Waals surface area (Å²) in [5, 5.41) is 0. The van der Waals surface area contributed by atoms with E-state index < -0.39 is 0 Å². The Balaban J connectivity index is 1.93. The smallest absolute Gasteiger partial charge is 0.0849 e. The quantitative estimate of drug-likeness (QED) is 0.588. The number of methoxy groups -OCH3 is 2. The molecule has 3 nitrogen and oxygen atoms in total. The fraction of sp³-hybridized carbons (Fsp3) is 1.00. The van der Waals surface area contributed by atoms with Crippen molar-refractivity contribution in [3.05, 3.63) is 0 Å². The second-order valence-electron chi connectivity index (χ2n) is 3.99. The molecule has 2 rings (SSSR count). The molecule has 0 bridgehead atoms. The van der Waals surface area contributed by atoms with Crippen LogP contribution in [0.15, 0.2) is 0 Å². The maximum absolute atomic E-state index is 5.39. The number of fused-ring (bicyclic) bond motifs is 1. The van der Waals surface area contributed by atoms with Crippen molar-refractivity contribution in [3.63, 3.8) is 0 Å². The molecule has 1 saturated carbocycles. The summed E-state index contributed by atoms with van der Waals surface area (Å²) < 4.78 is 15.8. The third-order valence-electron chi connectivity index (χ3n) is 2.86. The SMILES string of the molecule is COCC1(COC)CC2OC2C1. The highest BCUT2D eigenvalue weighted by molar-refractivity contribution is 5.03. The third kappa shape index (κ3) is 1.37. The fourth-order valence-corrected chi connectivity index (χ4v) is 2.36. The summed E-state index contributed by atoms with van der Waals surface area (Å²) in [4.78, 5) is 0. The lowest BCUT2D eigenvalue weighted by Gasteiger charge is -2.28. The van der Waals surface area contributed by atoms with E-state index in [1.807, 2.05) is 0 Å². The van der Waals surface area contributed by atoms with Crippen molar-refractivity contribution in [2.24, 2.45) is 5.41 Å². The molecule has 0 radical (unpaired) electrons. The molecule has 2 atom stereocenters. The van der Waals surface area contributed by atoms with Crippen LogP contribution in [0.25, 0.3) is 0 Å². The molecule has 0 amide bonds. The van der Waals surface area contributed by atoms with Gasteiger partial charge >= 0.3 is 0 Å². The summed E-state index contributed by atoms with van der Waals surface area (Å²) in [6, 6.07) is 0. The lowest BCUT2D eigenvalue weighted by Crippen LogP contribution is -2.30. The normalized spacial score (nSPS) is 36.5. The van der Waals surface area contributed by atoms with Crippen LogP contribution in [0, 0.1) is 5.41 Å². The van der Waals surface area contributed by atoms with Gasteiger partial charge in [0, 0.05) is 19.6 Å². The maximum atomic E-state index is 5.39. The minimum absolute atomic E-state index is 0.247. The molecule has 0 N–H and O–H groups in total. The van der Waals surface area contributed by atoms with Crippen LogP contribution in [0.1, 0.15) is 12.8 Å². The summed E-state index contributed by atoms with van der Waals surface area (Å²) in [7, 11) is 3.50. The highest BCUT2D eigenvalue weighted by Gasteiger charge is 2.55. The molecule has 3 heteroatoms. The zero-order valence-electron chi connectivity index (χ0n) is 7.71. The second kappa shape index (κ2) is 2.98. The molecule has 2 unspecified atom stereocenters. The topological polar surface area (TPSA) is 31.0 Å². The van der Waals surface area contributed by atoms with E-state index in [1.54, 1.807) is 14.2 Å². The zero-order valence-corrected chi connectivity index (χ0v) is 7.71. The van der Waals surface area contributed by atoms with E-state index in [-0.39, 0.29) is 5.41 Å². The highest BCUT2D eigenvalue weighted by Crippen LogP contribution is 2.50. The zero-order chi connectivity index (χ0) is 8.60. The van der Waals surface area contributed by atoms with E-state index in [0.29, 0.717) is 12.2 Å². The van der Waals surface area contributed by atoms with Crippen LogP contribution in [0.2, 0.25) is 0 Å². The summed E-state index contributed by atoms with van der Waals surface area (Å²) in [6.07, 6.45) is 3.24. The Labute approximate surface area is 73.0 Å². The van der Waals surface area contributed by atoms with Gasteiger partial charge in [-0.2, -0.15) is 0 Å². The van der Waals surface area contributed by atoms with Crippen LogP contribution >= 0.6 is 0 Å². The number of hydrogen-bond donors (Lipinski definition) is 0. The van der Waals surface area contributed by atoms with Gasteiger partial charge in [-0.25, -0.2) is 0 Å². The molecule has 0 aromatic heterocycles. The van der Waals surface area contributed by atoms with Crippen LogP contribution in [0.3, 0.4) is 0 Å². The first-order chi connectivity index (χ1) is 5.79. The Morgan fingerprint density at radius 1 is 1.17 bits per heavy atom. The molecule has 2 aliphatic rings. The van der Waals surface area contributed by atoms with Gasteiger partial charge in [0.05, 0.1) is 25.4 Å². The Bertz CT molecular complexity index is 151. The van der Waals surface area contributed by atoms with Gasteiger partial charge in [0.25, 0.3) is 0 Å². The average Bonchev–Trinajstić information content (AvgIpc) is 2.61. The average molecular weight is 172 g/mol. The van der Waals surface area contributed by atoms with Gasteiger partial charge in [-0.05, 0) is 12.8 Å². The Kier molecular flexibility index (Phi) is 2.10. The standard InChI is InChI=1S/C9H16O3/c1-10-5-9(6-11-2)3-7-8(4-9)12-7/h7-8H,3-6H2,1-2H3. The van der Waals surface area contributed by atoms with Gasteiger partial charge in [-0.15, -0.1) is 0 Å². The molecule has 1 aliphatic carbocycles. The van der Waals surface area contributed by atoms with E-state index in [4.69, 9.17) is 14.2 Å². The van der Waals surface area contributed by atoms with Crippen molar-refractivity contribution in [2.75, 3.05) is 27.4 Å². The van der Waals surface area contributed by atoms with Crippen molar-refractivity contribution in [1.29, 1.82) is 0 Å². The van der Waals surface area contributed by atoms with E-state index in [9.17, 15) is 0 Å². The Morgan fingerprint density at radius 3 is 2.08 bits per heavy atom. The lowest BCUT2D eigenvalue weighted by atomic mass is 9.87. The largest absolute Gasteiger partial charge is 0.384 e. The van der Waals surface area contributed by atoms with Gasteiger partial charge in [-0.1, -0.05) is 0 Å². The summed E-state index contributed by atoms with van der Waals surface area (Å²) >= 11 is 0. The molecule has 2 fully saturated rings. The van der Waals surface area contributed by atoms with Crippen LogP contribution in [-0.2, 0) is 14.2 Å². The summed E-state index contributed by atoms with van der Waals surface area (Å²) in [5.41, 5.74) is 0.247. The van der Waals surface area contributed by atoms with E-state index >= 15 is 0 Å². The van der Waals surface area contributed by atoms with Gasteiger partial charge in [0.2, 0.25) is 0 Å². The minimum atomic E-state index is 0.247. The van der Waals surface area contributed by atoms with Crippen LogP contribution in [-0.4, -0.2) is 39.6 Å². The fourth-order valence-electron chi connectivity index (χ4n) is 2.36. The van der Waals surface area contributed by atoms with Gasteiger partial charge in [-0.3, -0.25) is 0 Å². The molecule has 1 saturated heterocycles. The molecular weight excluding hydrogens is 156 g/mol. The minimum Gasteiger partial charge on any atom is -0.384 e. The first kappa shape index (κ1) is 8.48. The first-order valence-corrected chi connectivity index (χ1v) is 4.43. The van der Waals surface area contributed by atoms with Crippen LogP contribution in [0.4, 0.5) is 0 Å². The number of ether oxygens (including phenoxy) is 3. The van der Waals surface area contributed by atoms with Crippen molar-refractivity contribution in [2.45, 2.75) is 25.0 Å². The molecule has 12 heavy (non-hydrogen) atoms. The first-order valence-electron chi connectivity index (χ1n) is 4.43. The summed E-state index contributed by atoms with van der Waals surface area (Å²) in [6.45, 7) is 1.61. The lowest BCUT2D eigenvalue weighted by molar-refractivity contribution is -0.00733. The number of rotatable bonds is 4. The molecule has 0 aromatic rings. The van der Waals surface area contributed by atoms with Crippen molar-refractivity contribution in [3.8, 4) is 0 Å². The van der Waals surface area contributed by atoms with E-state index in [1.165, 1.54) is 0 Å². The monoisotopic (exact) mass is 172 g/mol. The van der Waals surface area contributed by atoms with Crippen LogP contribution in [0.5, 0.6) is 0 Å². The predicted octanol–water partition coefficient (Wildman–Crippen LogP) is 0.827. The molecule has 0 spiro atoms. The maximum Gasteiger partial charge on any atom is 0.0849 e. The molecule has 70 valence electrons. The van der Waals surface area contributed by atoms with Crippen molar-refractivity contribution >= 4 is 0 Å². The highest BCUT2D eigenvalue weighted by atomic mass is 16.6.